The average Bonchev–Trinajstić information content (AvgIpc) is 2.89. The van der Waals surface area contributed by atoms with Crippen LogP contribution in [0.3, 0.4) is 0 Å². The summed E-state index contributed by atoms with van der Waals surface area (Å²) in [5.74, 6) is 1.81. The zero-order valence-corrected chi connectivity index (χ0v) is 25.0. The average molecular weight is 596 g/mol. The van der Waals surface area contributed by atoms with Crippen molar-refractivity contribution in [2.75, 3.05) is 23.0 Å². The molecule has 3 heterocycles. The van der Waals surface area contributed by atoms with Gasteiger partial charge >= 0.3 is 0 Å². The molecule has 2 aromatic carbocycles. The van der Waals surface area contributed by atoms with Crippen LogP contribution < -0.4 is 22.9 Å². The first kappa shape index (κ1) is 29.8. The van der Waals surface area contributed by atoms with E-state index in [-0.39, 0.29) is 29.0 Å². The third kappa shape index (κ3) is 7.30. The number of halogens is 1. The highest BCUT2D eigenvalue weighted by atomic mass is 35.5. The number of aliphatic imine (C=N–C) groups is 2. The van der Waals surface area contributed by atoms with Crippen LogP contribution in [0, 0.1) is 0 Å². The number of ketones is 1. The lowest BCUT2D eigenvalue weighted by Crippen LogP contribution is -2.28. The molecule has 0 amide bonds. The highest BCUT2D eigenvalue weighted by molar-refractivity contribution is 8.14. The third-order valence-corrected chi connectivity index (χ3v) is 8.76. The molecule has 0 aliphatic carbocycles. The lowest BCUT2D eigenvalue weighted by molar-refractivity contribution is 0.0989. The lowest BCUT2D eigenvalue weighted by atomic mass is 9.88. The van der Waals surface area contributed by atoms with Crippen molar-refractivity contribution in [1.29, 1.82) is 0 Å². The van der Waals surface area contributed by atoms with Crippen LogP contribution in [0.5, 0.6) is 0 Å². The summed E-state index contributed by atoms with van der Waals surface area (Å²) in [5.41, 5.74) is 27.2. The largest absolute Gasteiger partial charge is 0.399 e. The molecule has 11 heteroatoms. The van der Waals surface area contributed by atoms with E-state index in [1.165, 1.54) is 12.3 Å². The Hall–Kier alpha value is -3.21. The van der Waals surface area contributed by atoms with Gasteiger partial charge < -0.3 is 22.9 Å². The SMILES string of the molecule is C[C@@]1(c2cccc(CC(=O)c3ncc(Cl)cc3N)c2)CCSC(N)=N1.C[C@@]1(c2cccc(N)c2)CCSC(N)=N1. The summed E-state index contributed by atoms with van der Waals surface area (Å²) in [4.78, 5) is 25.7. The molecule has 0 saturated carbocycles. The van der Waals surface area contributed by atoms with Crippen molar-refractivity contribution < 1.29 is 4.79 Å². The Morgan fingerprint density at radius 2 is 1.45 bits per heavy atom. The molecule has 0 fully saturated rings. The van der Waals surface area contributed by atoms with E-state index in [1.54, 1.807) is 23.5 Å². The quantitative estimate of drug-likeness (QED) is 0.227. The van der Waals surface area contributed by atoms with Gasteiger partial charge in [-0.25, -0.2) is 4.98 Å². The van der Waals surface area contributed by atoms with Crippen molar-refractivity contribution in [1.82, 2.24) is 4.98 Å². The van der Waals surface area contributed by atoms with E-state index in [0.29, 0.717) is 21.0 Å². The van der Waals surface area contributed by atoms with E-state index < -0.39 is 0 Å². The summed E-state index contributed by atoms with van der Waals surface area (Å²) < 4.78 is 0. The predicted molar refractivity (Wildman–Crippen MR) is 171 cm³/mol. The fraction of sp³-hybridized carbons (Fsp3) is 0.310. The van der Waals surface area contributed by atoms with Crippen LogP contribution in [0.4, 0.5) is 11.4 Å². The Morgan fingerprint density at radius 1 is 0.875 bits per heavy atom. The summed E-state index contributed by atoms with van der Waals surface area (Å²) in [7, 11) is 0. The number of amidine groups is 2. The number of nitrogen functional groups attached to an aromatic ring is 2. The maximum absolute atomic E-state index is 12.5. The highest BCUT2D eigenvalue weighted by Crippen LogP contribution is 2.36. The number of carbonyl (C=O) groups excluding carboxylic acids is 1. The molecule has 210 valence electrons. The smallest absolute Gasteiger partial charge is 0.187 e. The van der Waals surface area contributed by atoms with Gasteiger partial charge in [0.05, 0.1) is 21.8 Å². The lowest BCUT2D eigenvalue weighted by Gasteiger charge is -2.30. The topological polar surface area (TPSA) is 159 Å². The van der Waals surface area contributed by atoms with Crippen LogP contribution in [-0.4, -0.2) is 32.6 Å². The van der Waals surface area contributed by atoms with Gasteiger partial charge in [0.25, 0.3) is 0 Å². The summed E-state index contributed by atoms with van der Waals surface area (Å²) >= 11 is 9.02. The third-order valence-electron chi connectivity index (χ3n) is 6.96. The Morgan fingerprint density at radius 3 is 2.00 bits per heavy atom. The Bertz CT molecular complexity index is 1460. The minimum absolute atomic E-state index is 0.140. The van der Waals surface area contributed by atoms with Gasteiger partial charge in [0.1, 0.15) is 5.69 Å². The fourth-order valence-electron chi connectivity index (χ4n) is 4.64. The second-order valence-electron chi connectivity index (χ2n) is 10.2. The number of nitrogens with zero attached hydrogens (tertiary/aromatic N) is 3. The fourth-order valence-corrected chi connectivity index (χ4v) is 6.75. The molecule has 8 nitrogen and oxygen atoms in total. The molecule has 5 rings (SSSR count). The first-order valence-corrected chi connectivity index (χ1v) is 15.2. The molecule has 0 bridgehead atoms. The van der Waals surface area contributed by atoms with Gasteiger partial charge in [-0.1, -0.05) is 71.5 Å². The minimum atomic E-state index is -0.355. The summed E-state index contributed by atoms with van der Waals surface area (Å²) in [6, 6.07) is 17.3. The molecular weight excluding hydrogens is 562 g/mol. The van der Waals surface area contributed by atoms with Crippen LogP contribution in [0.2, 0.25) is 5.02 Å². The van der Waals surface area contributed by atoms with Crippen LogP contribution in [0.25, 0.3) is 0 Å². The van der Waals surface area contributed by atoms with E-state index in [1.807, 2.05) is 42.5 Å². The Kier molecular flexibility index (Phi) is 9.33. The number of hydrogen-bond acceptors (Lipinski definition) is 10. The second-order valence-corrected chi connectivity index (χ2v) is 12.8. The number of pyridine rings is 1. The van der Waals surface area contributed by atoms with Crippen LogP contribution in [0.1, 0.15) is 53.9 Å². The molecule has 2 aliphatic rings. The summed E-state index contributed by atoms with van der Waals surface area (Å²) in [6.45, 7) is 4.17. The molecule has 1 aromatic heterocycles. The number of aromatic nitrogens is 1. The van der Waals surface area contributed by atoms with E-state index in [4.69, 9.17) is 34.5 Å². The monoisotopic (exact) mass is 595 g/mol. The maximum atomic E-state index is 12.5. The molecular formula is C29H34ClN7OS2. The first-order chi connectivity index (χ1) is 19.0. The number of hydrogen-bond donors (Lipinski definition) is 4. The van der Waals surface area contributed by atoms with Crippen molar-refractivity contribution in [3.8, 4) is 0 Å². The molecule has 0 spiro atoms. The minimum Gasteiger partial charge on any atom is -0.399 e. The van der Waals surface area contributed by atoms with Crippen LogP contribution in [0.15, 0.2) is 70.8 Å². The van der Waals surface area contributed by atoms with E-state index in [9.17, 15) is 4.79 Å². The molecule has 0 unspecified atom stereocenters. The van der Waals surface area contributed by atoms with Crippen molar-refractivity contribution in [3.05, 3.63) is 88.2 Å². The van der Waals surface area contributed by atoms with Crippen molar-refractivity contribution in [2.24, 2.45) is 21.5 Å². The number of benzene rings is 2. The Labute approximate surface area is 248 Å². The van der Waals surface area contributed by atoms with Crippen LogP contribution in [-0.2, 0) is 17.5 Å². The molecule has 3 aromatic rings. The van der Waals surface area contributed by atoms with Gasteiger partial charge in [-0.3, -0.25) is 14.8 Å². The second kappa shape index (κ2) is 12.5. The summed E-state index contributed by atoms with van der Waals surface area (Å²) in [5, 5.41) is 1.69. The Balaban J connectivity index is 0.000000210. The zero-order chi connectivity index (χ0) is 28.9. The first-order valence-electron chi connectivity index (χ1n) is 12.8. The number of nitrogens with two attached hydrogens (primary N) is 4. The van der Waals surface area contributed by atoms with Gasteiger partial charge in [-0.15, -0.1) is 0 Å². The van der Waals surface area contributed by atoms with E-state index >= 15 is 0 Å². The molecule has 2 atom stereocenters. The van der Waals surface area contributed by atoms with E-state index in [0.717, 1.165) is 46.7 Å². The van der Waals surface area contributed by atoms with Crippen molar-refractivity contribution in [2.45, 2.75) is 44.2 Å². The number of anilines is 2. The predicted octanol–water partition coefficient (Wildman–Crippen LogP) is 5.35. The van der Waals surface area contributed by atoms with E-state index in [2.05, 4.69) is 34.9 Å². The molecule has 8 N–H and O–H groups in total. The normalized spacial score (nSPS) is 22.4. The number of rotatable bonds is 5. The summed E-state index contributed by atoms with van der Waals surface area (Å²) in [6.07, 6.45) is 3.56. The number of thioether (sulfide) groups is 2. The van der Waals surface area contributed by atoms with Gasteiger partial charge in [0.15, 0.2) is 16.1 Å². The molecule has 40 heavy (non-hydrogen) atoms. The number of Topliss-reactive ketones (excluding diaryl/α,β-unsaturated/α-hetero) is 1. The number of carbonyl (C=O) groups is 1. The molecule has 0 saturated heterocycles. The van der Waals surface area contributed by atoms with Crippen molar-refractivity contribution in [3.63, 3.8) is 0 Å². The maximum Gasteiger partial charge on any atom is 0.187 e. The standard InChI is InChI=1S/C18H19ClN4OS.C11H15N3S/c1-18(5-6-25-17(21)23-18)12-4-2-3-11(7-12)8-15(24)16-14(20)9-13(19)10-22-16;1-11(5-6-15-10(13)14-11)8-3-2-4-9(12)7-8/h2-4,7,9-10H,5-6,8,20H2,1H3,(H2,21,23);2-4,7H,5-6,12H2,1H3,(H2,13,14)/t18-;11-/m00/s1. The highest BCUT2D eigenvalue weighted by Gasteiger charge is 2.30. The van der Waals surface area contributed by atoms with Gasteiger partial charge in [-0.2, -0.15) is 0 Å². The zero-order valence-electron chi connectivity index (χ0n) is 22.6. The molecule has 0 radical (unpaired) electrons. The van der Waals surface area contributed by atoms with Crippen LogP contribution >= 0.6 is 35.1 Å². The van der Waals surface area contributed by atoms with Gasteiger partial charge in [-0.05, 0) is 61.6 Å². The van der Waals surface area contributed by atoms with Gasteiger partial charge in [0, 0.05) is 29.8 Å². The molecule has 2 aliphatic heterocycles. The van der Waals surface area contributed by atoms with Crippen molar-refractivity contribution >= 4 is 62.6 Å². The van der Waals surface area contributed by atoms with Gasteiger partial charge in [0.2, 0.25) is 0 Å².